The van der Waals surface area contributed by atoms with E-state index in [1.54, 1.807) is 12.1 Å². The topological polar surface area (TPSA) is 9.23 Å². The number of allylic oxidation sites excluding steroid dienone is 4. The van der Waals surface area contributed by atoms with E-state index in [2.05, 4.69) is 25.2 Å². The fourth-order valence-electron chi connectivity index (χ4n) is 5.43. The second kappa shape index (κ2) is 13.2. The molecule has 0 aliphatic heterocycles. The molecule has 1 fully saturated rings. The van der Waals surface area contributed by atoms with Crippen molar-refractivity contribution in [3.8, 4) is 5.75 Å². The smallest absolute Gasteiger partial charge is 0.201 e. The zero-order valence-corrected chi connectivity index (χ0v) is 20.2. The highest BCUT2D eigenvalue weighted by atomic mass is 19.2. The van der Waals surface area contributed by atoms with Crippen LogP contribution in [-0.4, -0.2) is 6.61 Å². The molecule has 2 aliphatic carbocycles. The molecule has 0 spiro atoms. The summed E-state index contributed by atoms with van der Waals surface area (Å²) in [6, 6.07) is 3.29. The second-order valence-corrected chi connectivity index (χ2v) is 9.82. The van der Waals surface area contributed by atoms with Crippen molar-refractivity contribution in [3.63, 3.8) is 0 Å². The van der Waals surface area contributed by atoms with E-state index in [0.717, 1.165) is 49.5 Å². The maximum Gasteiger partial charge on any atom is 0.201 e. The largest absolute Gasteiger partial charge is 0.490 e. The van der Waals surface area contributed by atoms with Crippen LogP contribution >= 0.6 is 0 Å². The Balaban J connectivity index is 1.48. The fraction of sp³-hybridized carbons (Fsp3) is 0.655. The van der Waals surface area contributed by atoms with Crippen LogP contribution in [-0.2, 0) is 0 Å². The Morgan fingerprint density at radius 3 is 2.38 bits per heavy atom. The Labute approximate surface area is 194 Å². The molecule has 1 aromatic carbocycles. The lowest BCUT2D eigenvalue weighted by atomic mass is 9.70. The number of unbranched alkanes of at least 4 members (excludes halogenated alkanes) is 2. The first-order chi connectivity index (χ1) is 15.6. The molecular weight excluding hydrogens is 402 g/mol. The van der Waals surface area contributed by atoms with Gasteiger partial charge in [0.2, 0.25) is 5.82 Å². The average molecular weight is 445 g/mol. The molecular formula is C29H42F2O. The standard InChI is InChI=1S/C29H42F2O/c1-3-5-7-8-9-10-22-11-13-23(14-12-22)24-15-17-25(18-16-24)26-19-20-27(29(31)28(26)30)32-21-6-4-2/h7-8,17,19-20,22-24H,3-6,9-16,18,21H2,1-2H3/b8-7+. The molecule has 0 N–H and O–H groups in total. The molecule has 0 heterocycles. The summed E-state index contributed by atoms with van der Waals surface area (Å²) in [4.78, 5) is 0. The minimum atomic E-state index is -0.843. The lowest BCUT2D eigenvalue weighted by Gasteiger charge is -2.35. The van der Waals surface area contributed by atoms with Crippen molar-refractivity contribution in [1.29, 1.82) is 0 Å². The zero-order valence-electron chi connectivity index (χ0n) is 20.2. The lowest BCUT2D eigenvalue weighted by Crippen LogP contribution is -2.23. The van der Waals surface area contributed by atoms with Crippen LogP contribution in [0.5, 0.6) is 5.75 Å². The van der Waals surface area contributed by atoms with Crippen LogP contribution in [0.15, 0.2) is 30.4 Å². The highest BCUT2D eigenvalue weighted by molar-refractivity contribution is 5.67. The lowest BCUT2D eigenvalue weighted by molar-refractivity contribution is 0.190. The minimum Gasteiger partial charge on any atom is -0.490 e. The Bertz CT molecular complexity index is 759. The van der Waals surface area contributed by atoms with Gasteiger partial charge in [0, 0.05) is 5.56 Å². The van der Waals surface area contributed by atoms with Crippen molar-refractivity contribution < 1.29 is 13.5 Å². The molecule has 1 aromatic rings. The molecule has 0 bridgehead atoms. The summed E-state index contributed by atoms with van der Waals surface area (Å²) in [5.41, 5.74) is 1.38. The van der Waals surface area contributed by atoms with E-state index in [1.807, 2.05) is 6.92 Å². The van der Waals surface area contributed by atoms with Gasteiger partial charge in [-0.15, -0.1) is 0 Å². The van der Waals surface area contributed by atoms with Gasteiger partial charge in [0.05, 0.1) is 6.61 Å². The number of hydrogen-bond donors (Lipinski definition) is 0. The quantitative estimate of drug-likeness (QED) is 0.244. The van der Waals surface area contributed by atoms with E-state index in [4.69, 9.17) is 4.74 Å². The first-order valence-electron chi connectivity index (χ1n) is 13.1. The van der Waals surface area contributed by atoms with E-state index in [-0.39, 0.29) is 5.75 Å². The number of ether oxygens (including phenoxy) is 1. The average Bonchev–Trinajstić information content (AvgIpc) is 2.82. The molecule has 3 rings (SSSR count). The van der Waals surface area contributed by atoms with Crippen molar-refractivity contribution in [3.05, 3.63) is 47.6 Å². The van der Waals surface area contributed by atoms with Gasteiger partial charge < -0.3 is 4.74 Å². The Hall–Kier alpha value is -1.64. The van der Waals surface area contributed by atoms with E-state index in [0.29, 0.717) is 18.1 Å². The summed E-state index contributed by atoms with van der Waals surface area (Å²) in [6.07, 6.45) is 22.0. The number of benzene rings is 1. The van der Waals surface area contributed by atoms with Crippen molar-refractivity contribution in [1.82, 2.24) is 0 Å². The van der Waals surface area contributed by atoms with Gasteiger partial charge in [-0.05, 0) is 93.2 Å². The highest BCUT2D eigenvalue weighted by Crippen LogP contribution is 2.42. The van der Waals surface area contributed by atoms with Gasteiger partial charge in [0.25, 0.3) is 0 Å². The number of rotatable bonds is 11. The van der Waals surface area contributed by atoms with Gasteiger partial charge in [-0.2, -0.15) is 4.39 Å². The summed E-state index contributed by atoms with van der Waals surface area (Å²) in [6.45, 7) is 4.70. The third kappa shape index (κ3) is 6.93. The van der Waals surface area contributed by atoms with Gasteiger partial charge in [-0.3, -0.25) is 0 Å². The minimum absolute atomic E-state index is 0.0339. The van der Waals surface area contributed by atoms with Crippen molar-refractivity contribution in [2.45, 2.75) is 97.3 Å². The molecule has 1 atom stereocenters. The summed E-state index contributed by atoms with van der Waals surface area (Å²) in [5, 5.41) is 0. The molecule has 178 valence electrons. The molecule has 2 aliphatic rings. The maximum atomic E-state index is 14.7. The summed E-state index contributed by atoms with van der Waals surface area (Å²) >= 11 is 0. The number of halogens is 2. The van der Waals surface area contributed by atoms with Gasteiger partial charge in [0.1, 0.15) is 0 Å². The van der Waals surface area contributed by atoms with Crippen LogP contribution in [0.3, 0.4) is 0 Å². The molecule has 0 amide bonds. The monoisotopic (exact) mass is 444 g/mol. The normalized spacial score (nSPS) is 24.0. The van der Waals surface area contributed by atoms with Crippen molar-refractivity contribution >= 4 is 5.57 Å². The van der Waals surface area contributed by atoms with Crippen LogP contribution in [0, 0.1) is 29.4 Å². The first kappa shape index (κ1) is 25.0. The molecule has 3 heteroatoms. The molecule has 1 nitrogen and oxygen atoms in total. The summed E-state index contributed by atoms with van der Waals surface area (Å²) < 4.78 is 34.6. The third-order valence-corrected chi connectivity index (χ3v) is 7.52. The van der Waals surface area contributed by atoms with E-state index < -0.39 is 11.6 Å². The first-order valence-corrected chi connectivity index (χ1v) is 13.1. The van der Waals surface area contributed by atoms with Gasteiger partial charge in [0.15, 0.2) is 11.6 Å². The Morgan fingerprint density at radius 2 is 1.69 bits per heavy atom. The highest BCUT2D eigenvalue weighted by Gasteiger charge is 2.29. The third-order valence-electron chi connectivity index (χ3n) is 7.52. The second-order valence-electron chi connectivity index (χ2n) is 9.82. The SMILES string of the molecule is CCC/C=C/CCC1CCC(C2CC=C(c3ccc(OCCCC)c(F)c3F)CC2)CC1. The van der Waals surface area contributed by atoms with Crippen LogP contribution in [0.2, 0.25) is 0 Å². The van der Waals surface area contributed by atoms with Gasteiger partial charge >= 0.3 is 0 Å². The van der Waals surface area contributed by atoms with Crippen molar-refractivity contribution in [2.24, 2.45) is 17.8 Å². The van der Waals surface area contributed by atoms with E-state index in [9.17, 15) is 8.78 Å². The Kier molecular flexibility index (Phi) is 10.3. The molecule has 32 heavy (non-hydrogen) atoms. The van der Waals surface area contributed by atoms with Crippen LogP contribution in [0.1, 0.15) is 103 Å². The van der Waals surface area contributed by atoms with Crippen molar-refractivity contribution in [2.75, 3.05) is 6.61 Å². The summed E-state index contributed by atoms with van der Waals surface area (Å²) in [7, 11) is 0. The molecule has 0 aromatic heterocycles. The predicted octanol–water partition coefficient (Wildman–Crippen LogP) is 9.27. The number of hydrogen-bond acceptors (Lipinski definition) is 1. The van der Waals surface area contributed by atoms with E-state index >= 15 is 0 Å². The van der Waals surface area contributed by atoms with Crippen LogP contribution in [0.25, 0.3) is 5.57 Å². The predicted molar refractivity (Wildman–Crippen MR) is 131 cm³/mol. The molecule has 1 unspecified atom stereocenters. The Morgan fingerprint density at radius 1 is 0.906 bits per heavy atom. The molecule has 0 radical (unpaired) electrons. The fourth-order valence-corrected chi connectivity index (χ4v) is 5.43. The molecule has 1 saturated carbocycles. The van der Waals surface area contributed by atoms with Crippen LogP contribution in [0.4, 0.5) is 8.78 Å². The van der Waals surface area contributed by atoms with Crippen LogP contribution < -0.4 is 4.74 Å². The van der Waals surface area contributed by atoms with E-state index in [1.165, 1.54) is 51.4 Å². The molecule has 0 saturated heterocycles. The summed E-state index contributed by atoms with van der Waals surface area (Å²) in [5.74, 6) is 0.833. The maximum absolute atomic E-state index is 14.7. The van der Waals surface area contributed by atoms with Gasteiger partial charge in [-0.25, -0.2) is 4.39 Å². The van der Waals surface area contributed by atoms with Gasteiger partial charge in [-0.1, -0.05) is 57.8 Å². The zero-order chi connectivity index (χ0) is 22.8.